The van der Waals surface area contributed by atoms with Gasteiger partial charge in [-0.2, -0.15) is 0 Å². The fraction of sp³-hybridized carbons (Fsp3) is 1.00. The minimum absolute atomic E-state index is 0.471. The predicted molar refractivity (Wildman–Crippen MR) is 61.0 cm³/mol. The summed E-state index contributed by atoms with van der Waals surface area (Å²) in [4.78, 5) is 2.50. The quantitative estimate of drug-likeness (QED) is 0.636. The van der Waals surface area contributed by atoms with Crippen LogP contribution in [0.1, 0.15) is 26.2 Å². The molecule has 0 amide bonds. The number of alkyl halides is 1. The third-order valence-corrected chi connectivity index (χ3v) is 3.32. The topological polar surface area (TPSA) is 12.5 Å². The first-order valence-electron chi connectivity index (χ1n) is 5.57. The van der Waals surface area contributed by atoms with Gasteiger partial charge in [0.15, 0.2) is 0 Å². The maximum atomic E-state index is 5.70. The van der Waals surface area contributed by atoms with Gasteiger partial charge in [-0.1, -0.05) is 6.92 Å². The number of hydrogen-bond acceptors (Lipinski definition) is 2. The van der Waals surface area contributed by atoms with Gasteiger partial charge in [0.2, 0.25) is 0 Å². The van der Waals surface area contributed by atoms with E-state index in [-0.39, 0.29) is 0 Å². The van der Waals surface area contributed by atoms with Gasteiger partial charge in [0.05, 0.1) is 6.10 Å². The summed E-state index contributed by atoms with van der Waals surface area (Å²) in [6.45, 7) is 5.81. The molecule has 0 aromatic heterocycles. The molecule has 0 radical (unpaired) electrons. The second-order valence-corrected chi connectivity index (χ2v) is 4.70. The second kappa shape index (κ2) is 6.65. The van der Waals surface area contributed by atoms with Crippen LogP contribution in [0.5, 0.6) is 0 Å². The average molecular weight is 220 g/mol. The van der Waals surface area contributed by atoms with E-state index in [0.29, 0.717) is 6.10 Å². The van der Waals surface area contributed by atoms with E-state index in [2.05, 4.69) is 11.8 Å². The van der Waals surface area contributed by atoms with E-state index in [4.69, 9.17) is 16.3 Å². The molecule has 0 aliphatic carbocycles. The molecular weight excluding hydrogens is 198 g/mol. The van der Waals surface area contributed by atoms with Crippen molar-refractivity contribution >= 4 is 11.6 Å². The zero-order chi connectivity index (χ0) is 10.4. The maximum absolute atomic E-state index is 5.70. The van der Waals surface area contributed by atoms with Crippen LogP contribution < -0.4 is 0 Å². The van der Waals surface area contributed by atoms with Crippen LogP contribution in [-0.4, -0.2) is 43.6 Å². The summed E-state index contributed by atoms with van der Waals surface area (Å²) in [7, 11) is 1.81. The Morgan fingerprint density at radius 1 is 1.50 bits per heavy atom. The number of hydrogen-bond donors (Lipinski definition) is 0. The number of methoxy groups -OCH3 is 1. The van der Waals surface area contributed by atoms with Gasteiger partial charge < -0.3 is 9.64 Å². The first-order valence-corrected chi connectivity index (χ1v) is 6.10. The van der Waals surface area contributed by atoms with Crippen LogP contribution in [0.15, 0.2) is 0 Å². The zero-order valence-corrected chi connectivity index (χ0v) is 10.1. The first-order chi connectivity index (χ1) is 6.76. The molecule has 1 fully saturated rings. The fourth-order valence-corrected chi connectivity index (χ4v) is 2.30. The SMILES string of the molecule is COC1CCN(CCC(C)CCCl)C1. The molecule has 84 valence electrons. The summed E-state index contributed by atoms with van der Waals surface area (Å²) in [6, 6.07) is 0. The highest BCUT2D eigenvalue weighted by molar-refractivity contribution is 6.17. The molecule has 0 spiro atoms. The molecule has 1 aliphatic heterocycles. The van der Waals surface area contributed by atoms with Crippen molar-refractivity contribution in [2.75, 3.05) is 32.6 Å². The van der Waals surface area contributed by atoms with Crippen molar-refractivity contribution in [1.82, 2.24) is 4.90 Å². The molecule has 0 aromatic carbocycles. The number of likely N-dealkylation sites (tertiary alicyclic amines) is 1. The van der Waals surface area contributed by atoms with E-state index in [9.17, 15) is 0 Å². The molecule has 3 heteroatoms. The molecule has 0 aromatic rings. The Kier molecular flexibility index (Phi) is 5.83. The minimum atomic E-state index is 0.471. The molecule has 2 nitrogen and oxygen atoms in total. The Bertz CT molecular complexity index is 154. The summed E-state index contributed by atoms with van der Waals surface area (Å²) in [5.41, 5.74) is 0. The normalized spacial score (nSPS) is 25.5. The van der Waals surface area contributed by atoms with Gasteiger partial charge in [0, 0.05) is 26.1 Å². The molecule has 1 heterocycles. The smallest absolute Gasteiger partial charge is 0.0710 e. The Balaban J connectivity index is 2.07. The highest BCUT2D eigenvalue weighted by Crippen LogP contribution is 2.15. The number of halogens is 1. The lowest BCUT2D eigenvalue weighted by atomic mass is 10.1. The van der Waals surface area contributed by atoms with E-state index >= 15 is 0 Å². The monoisotopic (exact) mass is 219 g/mol. The van der Waals surface area contributed by atoms with Gasteiger partial charge in [-0.15, -0.1) is 11.6 Å². The summed E-state index contributed by atoms with van der Waals surface area (Å²) < 4.78 is 5.33. The lowest BCUT2D eigenvalue weighted by Gasteiger charge is -2.17. The Labute approximate surface area is 92.6 Å². The number of ether oxygens (including phenoxy) is 1. The Morgan fingerprint density at radius 2 is 2.29 bits per heavy atom. The molecule has 2 atom stereocenters. The van der Waals surface area contributed by atoms with E-state index in [1.54, 1.807) is 0 Å². The zero-order valence-electron chi connectivity index (χ0n) is 9.34. The number of rotatable bonds is 6. The van der Waals surface area contributed by atoms with Crippen molar-refractivity contribution in [3.63, 3.8) is 0 Å². The van der Waals surface area contributed by atoms with E-state index < -0.39 is 0 Å². The molecule has 1 aliphatic rings. The van der Waals surface area contributed by atoms with Crippen LogP contribution in [0.4, 0.5) is 0 Å². The molecule has 0 bridgehead atoms. The van der Waals surface area contributed by atoms with Crippen LogP contribution in [0.3, 0.4) is 0 Å². The van der Waals surface area contributed by atoms with Crippen LogP contribution in [0, 0.1) is 5.92 Å². The standard InChI is InChI=1S/C11H22ClNO/c1-10(3-6-12)4-7-13-8-5-11(9-13)14-2/h10-11H,3-9H2,1-2H3. The molecule has 14 heavy (non-hydrogen) atoms. The van der Waals surface area contributed by atoms with Gasteiger partial charge in [-0.05, 0) is 31.7 Å². The molecule has 2 unspecified atom stereocenters. The van der Waals surface area contributed by atoms with Crippen molar-refractivity contribution < 1.29 is 4.74 Å². The first kappa shape index (κ1) is 12.3. The third kappa shape index (κ3) is 4.16. The van der Waals surface area contributed by atoms with Crippen molar-refractivity contribution in [1.29, 1.82) is 0 Å². The molecule has 1 rings (SSSR count). The Morgan fingerprint density at radius 3 is 2.86 bits per heavy atom. The summed E-state index contributed by atoms with van der Waals surface area (Å²) >= 11 is 5.70. The van der Waals surface area contributed by atoms with Gasteiger partial charge in [0.25, 0.3) is 0 Å². The summed E-state index contributed by atoms with van der Waals surface area (Å²) in [5.74, 6) is 1.55. The van der Waals surface area contributed by atoms with Crippen molar-refractivity contribution in [3.05, 3.63) is 0 Å². The van der Waals surface area contributed by atoms with E-state index in [1.807, 2.05) is 7.11 Å². The van der Waals surface area contributed by atoms with Gasteiger partial charge in [-0.3, -0.25) is 0 Å². The van der Waals surface area contributed by atoms with Crippen molar-refractivity contribution in [2.24, 2.45) is 5.92 Å². The highest BCUT2D eigenvalue weighted by Gasteiger charge is 2.21. The highest BCUT2D eigenvalue weighted by atomic mass is 35.5. The van der Waals surface area contributed by atoms with Gasteiger partial charge in [-0.25, -0.2) is 0 Å². The lowest BCUT2D eigenvalue weighted by Crippen LogP contribution is -2.25. The van der Waals surface area contributed by atoms with Crippen molar-refractivity contribution in [3.8, 4) is 0 Å². The van der Waals surface area contributed by atoms with E-state index in [0.717, 1.165) is 24.8 Å². The van der Waals surface area contributed by atoms with Crippen LogP contribution in [0.25, 0.3) is 0 Å². The Hall–Kier alpha value is 0.210. The molecule has 0 saturated carbocycles. The minimum Gasteiger partial charge on any atom is -0.380 e. The fourth-order valence-electron chi connectivity index (χ4n) is 1.93. The van der Waals surface area contributed by atoms with Crippen LogP contribution >= 0.6 is 11.6 Å². The van der Waals surface area contributed by atoms with E-state index in [1.165, 1.54) is 25.9 Å². The van der Waals surface area contributed by atoms with Gasteiger partial charge in [0.1, 0.15) is 0 Å². The van der Waals surface area contributed by atoms with Gasteiger partial charge >= 0.3 is 0 Å². The van der Waals surface area contributed by atoms with Crippen molar-refractivity contribution in [2.45, 2.75) is 32.3 Å². The average Bonchev–Trinajstić information content (AvgIpc) is 2.63. The molecule has 0 N–H and O–H groups in total. The maximum Gasteiger partial charge on any atom is 0.0710 e. The third-order valence-electron chi connectivity index (χ3n) is 3.10. The summed E-state index contributed by atoms with van der Waals surface area (Å²) in [5, 5.41) is 0. The lowest BCUT2D eigenvalue weighted by molar-refractivity contribution is 0.107. The number of nitrogens with zero attached hydrogens (tertiary/aromatic N) is 1. The predicted octanol–water partition coefficient (Wildman–Crippen LogP) is 2.36. The molecule has 1 saturated heterocycles. The molecular formula is C11H22ClNO. The largest absolute Gasteiger partial charge is 0.380 e. The van der Waals surface area contributed by atoms with Crippen LogP contribution in [0.2, 0.25) is 0 Å². The summed E-state index contributed by atoms with van der Waals surface area (Å²) in [6.07, 6.45) is 4.07. The van der Waals surface area contributed by atoms with Crippen LogP contribution in [-0.2, 0) is 4.74 Å². The second-order valence-electron chi connectivity index (χ2n) is 4.32.